The van der Waals surface area contributed by atoms with Crippen molar-refractivity contribution in [3.05, 3.63) is 40.3 Å². The van der Waals surface area contributed by atoms with Crippen molar-refractivity contribution in [3.63, 3.8) is 0 Å². The van der Waals surface area contributed by atoms with Crippen LogP contribution in [0.3, 0.4) is 0 Å². The van der Waals surface area contributed by atoms with E-state index in [9.17, 15) is 22.0 Å². The van der Waals surface area contributed by atoms with Crippen molar-refractivity contribution in [2.75, 3.05) is 0 Å². The molecule has 0 amide bonds. The third kappa shape index (κ3) is 2.39. The van der Waals surface area contributed by atoms with E-state index >= 15 is 0 Å². The molecule has 3 aromatic rings. The lowest BCUT2D eigenvalue weighted by Gasteiger charge is -2.07. The first-order chi connectivity index (χ1) is 9.88. The fourth-order valence-electron chi connectivity index (χ4n) is 2.08. The van der Waals surface area contributed by atoms with Gasteiger partial charge in [0, 0.05) is 17.3 Å². The predicted molar refractivity (Wildman–Crippen MR) is 69.4 cm³/mol. The summed E-state index contributed by atoms with van der Waals surface area (Å²) in [5.41, 5.74) is 0.163. The molecule has 0 aromatic carbocycles. The zero-order valence-electron chi connectivity index (χ0n) is 10.2. The third-order valence-corrected chi connectivity index (χ3v) is 3.94. The number of nitrogens with zero attached hydrogens (tertiary/aromatic N) is 1. The van der Waals surface area contributed by atoms with Gasteiger partial charge in [-0.05, 0) is 23.6 Å². The van der Waals surface area contributed by atoms with Crippen molar-refractivity contribution in [3.8, 4) is 11.1 Å². The molecule has 0 unspecified atom stereocenters. The number of rotatable bonds is 2. The van der Waals surface area contributed by atoms with E-state index in [1.54, 1.807) is 0 Å². The van der Waals surface area contributed by atoms with Crippen LogP contribution in [0.4, 0.5) is 22.0 Å². The summed E-state index contributed by atoms with van der Waals surface area (Å²) >= 11 is 0.559. The molecular formula is C13H7F5N2S. The Labute approximate surface area is 119 Å². The molecule has 0 aliphatic heterocycles. The number of halogens is 5. The molecule has 21 heavy (non-hydrogen) atoms. The topological polar surface area (TPSA) is 28.7 Å². The Morgan fingerprint density at radius 1 is 1.10 bits per heavy atom. The summed E-state index contributed by atoms with van der Waals surface area (Å²) in [6.07, 6.45) is -5.92. The minimum Gasteiger partial charge on any atom is -0.359 e. The molecule has 0 spiro atoms. The van der Waals surface area contributed by atoms with Crippen LogP contribution in [0, 0.1) is 0 Å². The van der Waals surface area contributed by atoms with E-state index in [2.05, 4.69) is 9.97 Å². The molecular weight excluding hydrogens is 311 g/mol. The number of aromatic amines is 1. The fraction of sp³-hybridized carbons (Fsp3) is 0.154. The number of hydrogen-bond donors (Lipinski definition) is 1. The van der Waals surface area contributed by atoms with Gasteiger partial charge in [-0.2, -0.15) is 13.2 Å². The summed E-state index contributed by atoms with van der Waals surface area (Å²) in [5.74, 6) is 0. The summed E-state index contributed by atoms with van der Waals surface area (Å²) in [4.78, 5) is 5.75. The van der Waals surface area contributed by atoms with Gasteiger partial charge in [0.05, 0.1) is 11.0 Å². The van der Waals surface area contributed by atoms with Gasteiger partial charge in [-0.3, -0.25) is 0 Å². The van der Waals surface area contributed by atoms with E-state index in [-0.39, 0.29) is 16.6 Å². The van der Waals surface area contributed by atoms with Crippen LogP contribution in [-0.2, 0) is 6.18 Å². The molecule has 3 rings (SSSR count). The van der Waals surface area contributed by atoms with Gasteiger partial charge >= 0.3 is 6.18 Å². The Bertz CT molecular complexity index is 787. The third-order valence-electron chi connectivity index (χ3n) is 2.98. The van der Waals surface area contributed by atoms with E-state index < -0.39 is 23.2 Å². The summed E-state index contributed by atoms with van der Waals surface area (Å²) < 4.78 is 64.2. The van der Waals surface area contributed by atoms with Crippen LogP contribution in [0.2, 0.25) is 0 Å². The first-order valence-corrected chi connectivity index (χ1v) is 6.67. The minimum absolute atomic E-state index is 0.0577. The highest BCUT2D eigenvalue weighted by Gasteiger charge is 2.35. The standard InChI is InChI=1S/C13H7F5N2S/c14-12(15)9-2-1-8-10(20-9)7(5-19-8)6-3-4-21-11(6)13(16,17)18/h1-5,12,19H. The number of aromatic nitrogens is 2. The highest BCUT2D eigenvalue weighted by Crippen LogP contribution is 2.42. The largest absolute Gasteiger partial charge is 0.426 e. The molecule has 1 N–H and O–H groups in total. The number of hydrogen-bond acceptors (Lipinski definition) is 2. The van der Waals surface area contributed by atoms with Gasteiger partial charge in [0.1, 0.15) is 10.6 Å². The number of nitrogens with one attached hydrogen (secondary N) is 1. The Hall–Kier alpha value is -1.96. The van der Waals surface area contributed by atoms with Crippen LogP contribution in [-0.4, -0.2) is 9.97 Å². The number of pyridine rings is 1. The van der Waals surface area contributed by atoms with E-state index in [1.807, 2.05) is 0 Å². The molecule has 8 heteroatoms. The molecule has 2 nitrogen and oxygen atoms in total. The maximum absolute atomic E-state index is 12.9. The van der Waals surface area contributed by atoms with Crippen molar-refractivity contribution in [1.29, 1.82) is 0 Å². The Morgan fingerprint density at radius 3 is 2.52 bits per heavy atom. The molecule has 0 saturated carbocycles. The average Bonchev–Trinajstić information content (AvgIpc) is 3.02. The van der Waals surface area contributed by atoms with E-state index in [0.29, 0.717) is 16.9 Å². The minimum atomic E-state index is -4.49. The Kier molecular flexibility index (Phi) is 3.20. The summed E-state index contributed by atoms with van der Waals surface area (Å²) in [5, 5.41) is 1.31. The zero-order valence-corrected chi connectivity index (χ0v) is 11.0. The van der Waals surface area contributed by atoms with Gasteiger partial charge in [0.2, 0.25) is 0 Å². The van der Waals surface area contributed by atoms with Crippen LogP contribution in [0.5, 0.6) is 0 Å². The van der Waals surface area contributed by atoms with Crippen LogP contribution in [0.25, 0.3) is 22.2 Å². The SMILES string of the molecule is FC(F)c1ccc2[nH]cc(-c3ccsc3C(F)(F)F)c2n1. The number of alkyl halides is 5. The quantitative estimate of drug-likeness (QED) is 0.643. The van der Waals surface area contributed by atoms with Crippen molar-refractivity contribution in [2.24, 2.45) is 0 Å². The summed E-state index contributed by atoms with van der Waals surface area (Å²) in [7, 11) is 0. The van der Waals surface area contributed by atoms with Crippen LogP contribution in [0.15, 0.2) is 29.8 Å². The van der Waals surface area contributed by atoms with Gasteiger partial charge in [-0.25, -0.2) is 13.8 Å². The Balaban J connectivity index is 2.22. The van der Waals surface area contributed by atoms with Crippen LogP contribution < -0.4 is 0 Å². The lowest BCUT2D eigenvalue weighted by atomic mass is 10.1. The number of thiophene rings is 1. The number of H-pyrrole nitrogens is 1. The lowest BCUT2D eigenvalue weighted by molar-refractivity contribution is -0.133. The smallest absolute Gasteiger partial charge is 0.359 e. The van der Waals surface area contributed by atoms with E-state index in [0.717, 1.165) is 6.07 Å². The van der Waals surface area contributed by atoms with Gasteiger partial charge in [0.15, 0.2) is 0 Å². The van der Waals surface area contributed by atoms with E-state index in [4.69, 9.17) is 0 Å². The molecule has 0 fully saturated rings. The van der Waals surface area contributed by atoms with E-state index in [1.165, 1.54) is 23.7 Å². The second-order valence-corrected chi connectivity index (χ2v) is 5.21. The fourth-order valence-corrected chi connectivity index (χ4v) is 2.86. The predicted octanol–water partition coefficient (Wildman–Crippen LogP) is 5.25. The maximum atomic E-state index is 12.9. The molecule has 0 bridgehead atoms. The zero-order chi connectivity index (χ0) is 15.2. The first kappa shape index (κ1) is 14.0. The monoisotopic (exact) mass is 318 g/mol. The molecule has 0 radical (unpaired) electrons. The molecule has 3 heterocycles. The van der Waals surface area contributed by atoms with Crippen molar-refractivity contribution in [1.82, 2.24) is 9.97 Å². The van der Waals surface area contributed by atoms with Crippen LogP contribution in [0.1, 0.15) is 17.0 Å². The number of fused-ring (bicyclic) bond motifs is 1. The van der Waals surface area contributed by atoms with Crippen LogP contribution >= 0.6 is 11.3 Å². The lowest BCUT2D eigenvalue weighted by Crippen LogP contribution is -2.03. The molecule has 0 saturated heterocycles. The molecule has 0 atom stereocenters. The summed E-state index contributed by atoms with van der Waals surface area (Å²) in [6.45, 7) is 0. The molecule has 0 aliphatic rings. The average molecular weight is 318 g/mol. The van der Waals surface area contributed by atoms with Crippen molar-refractivity contribution >= 4 is 22.4 Å². The first-order valence-electron chi connectivity index (χ1n) is 5.79. The highest BCUT2D eigenvalue weighted by atomic mass is 32.1. The van der Waals surface area contributed by atoms with Crippen molar-refractivity contribution < 1.29 is 22.0 Å². The van der Waals surface area contributed by atoms with Gasteiger partial charge in [-0.15, -0.1) is 11.3 Å². The van der Waals surface area contributed by atoms with Gasteiger partial charge < -0.3 is 4.98 Å². The normalized spacial score (nSPS) is 12.5. The van der Waals surface area contributed by atoms with Crippen molar-refractivity contribution in [2.45, 2.75) is 12.6 Å². The molecule has 3 aromatic heterocycles. The maximum Gasteiger partial charge on any atom is 0.426 e. The highest BCUT2D eigenvalue weighted by molar-refractivity contribution is 7.10. The second kappa shape index (κ2) is 4.80. The van der Waals surface area contributed by atoms with Gasteiger partial charge in [0.25, 0.3) is 6.43 Å². The van der Waals surface area contributed by atoms with Gasteiger partial charge in [-0.1, -0.05) is 0 Å². The molecule has 0 aliphatic carbocycles. The second-order valence-electron chi connectivity index (χ2n) is 4.30. The molecule has 110 valence electrons. The summed E-state index contributed by atoms with van der Waals surface area (Å²) in [6, 6.07) is 3.84. The Morgan fingerprint density at radius 2 is 1.86 bits per heavy atom.